The average Bonchev–Trinajstić information content (AvgIpc) is 2.53. The molecule has 0 bridgehead atoms. The molecule has 1 heterocycles. The van der Waals surface area contributed by atoms with Crippen molar-refractivity contribution in [3.63, 3.8) is 0 Å². The molecule has 25 heavy (non-hydrogen) atoms. The first kappa shape index (κ1) is 19.2. The summed E-state index contributed by atoms with van der Waals surface area (Å²) in [7, 11) is 3.48. The maximum atomic E-state index is 12.4. The third-order valence-electron chi connectivity index (χ3n) is 4.86. The van der Waals surface area contributed by atoms with Gasteiger partial charge in [0.05, 0.1) is 12.8 Å². The number of hydrogen-bond acceptors (Lipinski definition) is 5. The molecule has 2 N–H and O–H groups in total. The van der Waals surface area contributed by atoms with Crippen molar-refractivity contribution in [2.24, 2.45) is 0 Å². The number of piperidine rings is 1. The van der Waals surface area contributed by atoms with E-state index in [1.807, 2.05) is 46.0 Å². The number of ether oxygens (including phenoxy) is 2. The van der Waals surface area contributed by atoms with Crippen molar-refractivity contribution in [2.75, 3.05) is 37.9 Å². The van der Waals surface area contributed by atoms with Crippen molar-refractivity contribution in [3.8, 4) is 5.75 Å². The number of nitrogens with two attached hydrogens (primary N) is 1. The lowest BCUT2D eigenvalue weighted by Crippen LogP contribution is -2.55. The molecule has 1 saturated heterocycles. The Bertz CT molecular complexity index is 617. The van der Waals surface area contributed by atoms with E-state index in [-0.39, 0.29) is 11.6 Å². The lowest BCUT2D eigenvalue weighted by molar-refractivity contribution is 0.00346. The van der Waals surface area contributed by atoms with Gasteiger partial charge in [0.1, 0.15) is 11.4 Å². The minimum atomic E-state index is -0.486. The van der Waals surface area contributed by atoms with Crippen LogP contribution in [0.1, 0.15) is 40.5 Å². The molecule has 2 rings (SSSR count). The van der Waals surface area contributed by atoms with Crippen LogP contribution in [0.2, 0.25) is 0 Å². The lowest BCUT2D eigenvalue weighted by atomic mass is 9.88. The molecule has 0 aliphatic carbocycles. The summed E-state index contributed by atoms with van der Waals surface area (Å²) in [4.78, 5) is 16.4. The molecule has 1 aromatic carbocycles. The van der Waals surface area contributed by atoms with Crippen LogP contribution in [0.15, 0.2) is 18.2 Å². The molecule has 0 aromatic heterocycles. The Morgan fingerprint density at radius 2 is 1.88 bits per heavy atom. The van der Waals surface area contributed by atoms with E-state index in [1.54, 1.807) is 12.0 Å². The molecule has 0 unspecified atom stereocenters. The first-order valence-electron chi connectivity index (χ1n) is 8.71. The first-order valence-corrected chi connectivity index (χ1v) is 8.71. The Labute approximate surface area is 150 Å². The fourth-order valence-corrected chi connectivity index (χ4v) is 3.07. The summed E-state index contributed by atoms with van der Waals surface area (Å²) in [6, 6.07) is 5.73. The molecule has 1 aromatic rings. The van der Waals surface area contributed by atoms with Crippen molar-refractivity contribution >= 4 is 17.5 Å². The Kier molecular flexibility index (Phi) is 5.40. The van der Waals surface area contributed by atoms with E-state index in [4.69, 9.17) is 15.2 Å². The average molecular weight is 349 g/mol. The van der Waals surface area contributed by atoms with Gasteiger partial charge in [0, 0.05) is 37.4 Å². The molecule has 140 valence electrons. The number of nitrogen functional groups attached to an aromatic ring is 1. The maximum Gasteiger partial charge on any atom is 0.410 e. The van der Waals surface area contributed by atoms with Gasteiger partial charge in [-0.2, -0.15) is 0 Å². The van der Waals surface area contributed by atoms with Gasteiger partial charge in [-0.25, -0.2) is 4.79 Å². The van der Waals surface area contributed by atoms with Crippen molar-refractivity contribution in [2.45, 2.75) is 51.7 Å². The monoisotopic (exact) mass is 349 g/mol. The highest BCUT2D eigenvalue weighted by atomic mass is 16.6. The minimum absolute atomic E-state index is 0.222. The zero-order chi connectivity index (χ0) is 18.8. The summed E-state index contributed by atoms with van der Waals surface area (Å²) in [5.74, 6) is 0.782. The van der Waals surface area contributed by atoms with Crippen LogP contribution >= 0.6 is 0 Å². The highest BCUT2D eigenvalue weighted by Crippen LogP contribution is 2.36. The summed E-state index contributed by atoms with van der Waals surface area (Å²) in [6.45, 7) is 9.45. The molecule has 0 radical (unpaired) electrons. The zero-order valence-corrected chi connectivity index (χ0v) is 16.3. The number of carbonyl (C=O) groups is 1. The van der Waals surface area contributed by atoms with Gasteiger partial charge < -0.3 is 25.0 Å². The van der Waals surface area contributed by atoms with E-state index in [9.17, 15) is 4.79 Å². The topological polar surface area (TPSA) is 68.0 Å². The zero-order valence-electron chi connectivity index (χ0n) is 16.3. The SMILES string of the molecule is COc1cc(N)ccc1N1CCC(C)(N(C)C(=O)OC(C)(C)C)CC1. The van der Waals surface area contributed by atoms with Gasteiger partial charge >= 0.3 is 6.09 Å². The van der Waals surface area contributed by atoms with E-state index in [0.717, 1.165) is 37.4 Å². The highest BCUT2D eigenvalue weighted by Gasteiger charge is 2.38. The molecule has 0 saturated carbocycles. The van der Waals surface area contributed by atoms with E-state index in [2.05, 4.69) is 11.8 Å². The van der Waals surface area contributed by atoms with Crippen LogP contribution < -0.4 is 15.4 Å². The van der Waals surface area contributed by atoms with Gasteiger partial charge in [-0.1, -0.05) is 0 Å². The third-order valence-corrected chi connectivity index (χ3v) is 4.86. The summed E-state index contributed by atoms with van der Waals surface area (Å²) in [5.41, 5.74) is 6.86. The van der Waals surface area contributed by atoms with Crippen molar-refractivity contribution < 1.29 is 14.3 Å². The molecule has 1 amide bonds. The normalized spacial score (nSPS) is 17.1. The number of benzene rings is 1. The van der Waals surface area contributed by atoms with Crippen molar-refractivity contribution in [1.82, 2.24) is 4.90 Å². The lowest BCUT2D eigenvalue weighted by Gasteiger charge is -2.45. The van der Waals surface area contributed by atoms with Crippen LogP contribution in [0.5, 0.6) is 5.75 Å². The van der Waals surface area contributed by atoms with Gasteiger partial charge in [-0.3, -0.25) is 0 Å². The molecule has 0 spiro atoms. The molecular weight excluding hydrogens is 318 g/mol. The van der Waals surface area contributed by atoms with Gasteiger partial charge in [-0.15, -0.1) is 0 Å². The van der Waals surface area contributed by atoms with Crippen LogP contribution in [0.3, 0.4) is 0 Å². The Morgan fingerprint density at radius 1 is 1.28 bits per heavy atom. The molecule has 1 aliphatic rings. The Morgan fingerprint density at radius 3 is 2.40 bits per heavy atom. The van der Waals surface area contributed by atoms with Gasteiger partial charge in [0.15, 0.2) is 0 Å². The standard InChI is InChI=1S/C19H31N3O3/c1-18(2,3)25-17(23)21(5)19(4)9-11-22(12-10-19)15-8-7-14(20)13-16(15)24-6/h7-8,13H,9-12,20H2,1-6H3. The number of carbonyl (C=O) groups excluding carboxylic acids is 1. The quantitative estimate of drug-likeness (QED) is 0.846. The van der Waals surface area contributed by atoms with Crippen LogP contribution in [0.25, 0.3) is 0 Å². The summed E-state index contributed by atoms with van der Waals surface area (Å²) in [6.07, 6.45) is 1.44. The number of methoxy groups -OCH3 is 1. The smallest absolute Gasteiger partial charge is 0.410 e. The van der Waals surface area contributed by atoms with Crippen molar-refractivity contribution in [3.05, 3.63) is 18.2 Å². The molecule has 6 nitrogen and oxygen atoms in total. The largest absolute Gasteiger partial charge is 0.495 e. The van der Waals surface area contributed by atoms with E-state index in [0.29, 0.717) is 5.69 Å². The molecule has 0 atom stereocenters. The van der Waals surface area contributed by atoms with Crippen LogP contribution in [0.4, 0.5) is 16.2 Å². The third kappa shape index (κ3) is 4.50. The number of anilines is 2. The van der Waals surface area contributed by atoms with E-state index in [1.165, 1.54) is 0 Å². The second-order valence-corrected chi connectivity index (χ2v) is 7.95. The molecule has 1 aliphatic heterocycles. The maximum absolute atomic E-state index is 12.4. The summed E-state index contributed by atoms with van der Waals surface area (Å²) in [5, 5.41) is 0. The molecule has 6 heteroatoms. The fraction of sp³-hybridized carbons (Fsp3) is 0.632. The minimum Gasteiger partial charge on any atom is -0.495 e. The number of nitrogens with zero attached hydrogens (tertiary/aromatic N) is 2. The molecular formula is C19H31N3O3. The fourth-order valence-electron chi connectivity index (χ4n) is 3.07. The highest BCUT2D eigenvalue weighted by molar-refractivity contribution is 5.69. The number of hydrogen-bond donors (Lipinski definition) is 1. The van der Waals surface area contributed by atoms with Gasteiger partial charge in [0.2, 0.25) is 0 Å². The second kappa shape index (κ2) is 7.02. The van der Waals surface area contributed by atoms with E-state index >= 15 is 0 Å². The van der Waals surface area contributed by atoms with Gasteiger partial charge in [0.25, 0.3) is 0 Å². The summed E-state index contributed by atoms with van der Waals surface area (Å²) >= 11 is 0. The predicted octanol–water partition coefficient (Wildman–Crippen LogP) is 3.50. The second-order valence-electron chi connectivity index (χ2n) is 7.95. The molecule has 1 fully saturated rings. The van der Waals surface area contributed by atoms with E-state index < -0.39 is 5.60 Å². The van der Waals surface area contributed by atoms with Gasteiger partial charge in [-0.05, 0) is 52.7 Å². The van der Waals surface area contributed by atoms with Crippen LogP contribution in [-0.4, -0.2) is 49.4 Å². The Balaban J connectivity index is 2.06. The number of rotatable bonds is 3. The first-order chi connectivity index (χ1) is 11.6. The number of amides is 1. The van der Waals surface area contributed by atoms with Crippen LogP contribution in [-0.2, 0) is 4.74 Å². The summed E-state index contributed by atoms with van der Waals surface area (Å²) < 4.78 is 11.0. The van der Waals surface area contributed by atoms with Crippen molar-refractivity contribution in [1.29, 1.82) is 0 Å². The predicted molar refractivity (Wildman–Crippen MR) is 101 cm³/mol. The van der Waals surface area contributed by atoms with Crippen LogP contribution in [0, 0.1) is 0 Å². The Hall–Kier alpha value is -2.11.